The van der Waals surface area contributed by atoms with Crippen LogP contribution in [0.15, 0.2) is 28.7 Å². The van der Waals surface area contributed by atoms with Gasteiger partial charge in [-0.25, -0.2) is 0 Å². The van der Waals surface area contributed by atoms with Gasteiger partial charge < -0.3 is 9.84 Å². The van der Waals surface area contributed by atoms with Crippen LogP contribution in [0, 0.1) is 13.8 Å². The molecule has 1 aromatic carbocycles. The summed E-state index contributed by atoms with van der Waals surface area (Å²) in [5, 5.41) is 10.3. The minimum atomic E-state index is -0.467. The van der Waals surface area contributed by atoms with Crippen LogP contribution < -0.4 is 4.74 Å². The molecule has 0 bridgehead atoms. The van der Waals surface area contributed by atoms with Crippen LogP contribution in [0.1, 0.15) is 39.5 Å². The highest BCUT2D eigenvalue weighted by Gasteiger charge is 2.29. The molecule has 2 heterocycles. The summed E-state index contributed by atoms with van der Waals surface area (Å²) < 4.78 is 7.03. The zero-order chi connectivity index (χ0) is 13.6. The van der Waals surface area contributed by atoms with Gasteiger partial charge in [-0.1, -0.05) is 15.9 Å². The van der Waals surface area contributed by atoms with Gasteiger partial charge in [-0.3, -0.25) is 0 Å². The lowest BCUT2D eigenvalue weighted by Gasteiger charge is -2.30. The average Bonchev–Trinajstić information content (AvgIpc) is 2.69. The normalized spacial score (nSPS) is 21.9. The summed E-state index contributed by atoms with van der Waals surface area (Å²) >= 11 is 5.21. The van der Waals surface area contributed by atoms with Crippen molar-refractivity contribution in [1.29, 1.82) is 0 Å². The van der Waals surface area contributed by atoms with E-state index in [0.29, 0.717) is 6.42 Å². The van der Waals surface area contributed by atoms with Crippen molar-refractivity contribution in [3.8, 4) is 5.75 Å². The van der Waals surface area contributed by atoms with Crippen molar-refractivity contribution in [3.63, 3.8) is 0 Å². The van der Waals surface area contributed by atoms with E-state index in [2.05, 4.69) is 35.8 Å². The standard InChI is InChI=1S/C15H15BrO2S/c1-8-5-11(9(2)19-8)15-7-13(17)12-6-10(16)3-4-14(12)18-15/h3-6,13,15,17H,7H2,1-2H3/t13-,15?/m0/s1. The van der Waals surface area contributed by atoms with Crippen LogP contribution in [-0.2, 0) is 0 Å². The van der Waals surface area contributed by atoms with Crippen molar-refractivity contribution in [2.45, 2.75) is 32.5 Å². The number of hydrogen-bond donors (Lipinski definition) is 1. The van der Waals surface area contributed by atoms with Gasteiger partial charge in [-0.2, -0.15) is 0 Å². The summed E-state index contributed by atoms with van der Waals surface area (Å²) in [5.74, 6) is 0.787. The molecule has 0 aliphatic carbocycles. The molecule has 3 rings (SSSR count). The molecule has 1 aromatic heterocycles. The van der Waals surface area contributed by atoms with Gasteiger partial charge in [0.1, 0.15) is 11.9 Å². The highest BCUT2D eigenvalue weighted by molar-refractivity contribution is 9.10. The predicted octanol–water partition coefficient (Wildman–Crippen LogP) is 4.68. The first-order chi connectivity index (χ1) is 9.04. The molecule has 2 nitrogen and oxygen atoms in total. The van der Waals surface area contributed by atoms with E-state index in [1.54, 1.807) is 11.3 Å². The van der Waals surface area contributed by atoms with E-state index in [4.69, 9.17) is 4.74 Å². The molecule has 1 N–H and O–H groups in total. The van der Waals surface area contributed by atoms with Crippen LogP contribution >= 0.6 is 27.3 Å². The SMILES string of the molecule is Cc1cc(C2C[C@H](O)c3cc(Br)ccc3O2)c(C)s1. The minimum Gasteiger partial charge on any atom is -0.485 e. The van der Waals surface area contributed by atoms with Gasteiger partial charge >= 0.3 is 0 Å². The zero-order valence-electron chi connectivity index (χ0n) is 10.8. The van der Waals surface area contributed by atoms with Crippen molar-refractivity contribution in [1.82, 2.24) is 0 Å². The van der Waals surface area contributed by atoms with Crippen molar-refractivity contribution in [2.24, 2.45) is 0 Å². The van der Waals surface area contributed by atoms with Crippen molar-refractivity contribution >= 4 is 27.3 Å². The molecule has 0 spiro atoms. The largest absolute Gasteiger partial charge is 0.485 e. The Kier molecular flexibility index (Phi) is 3.41. The molecule has 0 radical (unpaired) electrons. The second kappa shape index (κ2) is 4.93. The molecule has 100 valence electrons. The molecule has 0 fully saturated rings. The third-order valence-electron chi connectivity index (χ3n) is 3.46. The maximum atomic E-state index is 10.3. The molecule has 2 atom stereocenters. The van der Waals surface area contributed by atoms with E-state index >= 15 is 0 Å². The molecule has 1 unspecified atom stereocenters. The van der Waals surface area contributed by atoms with Gasteiger partial charge in [0, 0.05) is 31.8 Å². The molecular formula is C15H15BrO2S. The van der Waals surface area contributed by atoms with Crippen molar-refractivity contribution in [2.75, 3.05) is 0 Å². The number of aliphatic hydroxyl groups is 1. The first-order valence-electron chi connectivity index (χ1n) is 6.25. The molecule has 2 aromatic rings. The number of aryl methyl sites for hydroxylation is 2. The lowest BCUT2D eigenvalue weighted by molar-refractivity contribution is 0.0656. The predicted molar refractivity (Wildman–Crippen MR) is 80.9 cm³/mol. The molecule has 1 aliphatic rings. The zero-order valence-corrected chi connectivity index (χ0v) is 13.2. The number of halogens is 1. The third kappa shape index (κ3) is 2.45. The summed E-state index contributed by atoms with van der Waals surface area (Å²) in [5.41, 5.74) is 2.07. The molecule has 1 aliphatic heterocycles. The second-order valence-electron chi connectivity index (χ2n) is 4.91. The van der Waals surface area contributed by atoms with E-state index in [1.165, 1.54) is 15.3 Å². The number of rotatable bonds is 1. The number of hydrogen-bond acceptors (Lipinski definition) is 3. The van der Waals surface area contributed by atoms with Gasteiger partial charge in [-0.15, -0.1) is 11.3 Å². The van der Waals surface area contributed by atoms with Crippen LogP contribution in [0.5, 0.6) is 5.75 Å². The van der Waals surface area contributed by atoms with Gasteiger partial charge in [-0.05, 0) is 38.1 Å². The number of thiophene rings is 1. The smallest absolute Gasteiger partial charge is 0.128 e. The Bertz CT molecular complexity index is 621. The van der Waals surface area contributed by atoms with Crippen LogP contribution in [-0.4, -0.2) is 5.11 Å². The fourth-order valence-corrected chi connectivity index (χ4v) is 3.93. The molecule has 0 saturated carbocycles. The summed E-state index contributed by atoms with van der Waals surface area (Å²) in [6.45, 7) is 4.21. The Morgan fingerprint density at radius 3 is 2.74 bits per heavy atom. The van der Waals surface area contributed by atoms with Gasteiger partial charge in [0.15, 0.2) is 0 Å². The fourth-order valence-electron chi connectivity index (χ4n) is 2.58. The van der Waals surface area contributed by atoms with Crippen LogP contribution in [0.2, 0.25) is 0 Å². The topological polar surface area (TPSA) is 29.5 Å². The quantitative estimate of drug-likeness (QED) is 0.817. The summed E-state index contributed by atoms with van der Waals surface area (Å²) in [4.78, 5) is 2.56. The number of fused-ring (bicyclic) bond motifs is 1. The van der Waals surface area contributed by atoms with Gasteiger partial charge in [0.25, 0.3) is 0 Å². The van der Waals surface area contributed by atoms with E-state index in [1.807, 2.05) is 18.2 Å². The minimum absolute atomic E-state index is 0.0476. The molecule has 0 saturated heterocycles. The van der Waals surface area contributed by atoms with E-state index in [0.717, 1.165) is 15.8 Å². The number of benzene rings is 1. The highest BCUT2D eigenvalue weighted by atomic mass is 79.9. The van der Waals surface area contributed by atoms with Crippen LogP contribution in [0.4, 0.5) is 0 Å². The Labute approximate surface area is 125 Å². The van der Waals surface area contributed by atoms with Gasteiger partial charge in [0.05, 0.1) is 6.10 Å². The van der Waals surface area contributed by atoms with Crippen LogP contribution in [0.25, 0.3) is 0 Å². The third-order valence-corrected chi connectivity index (χ3v) is 4.94. The first-order valence-corrected chi connectivity index (χ1v) is 7.86. The Balaban J connectivity index is 1.97. The van der Waals surface area contributed by atoms with E-state index < -0.39 is 6.10 Å². The van der Waals surface area contributed by atoms with Crippen molar-refractivity contribution < 1.29 is 9.84 Å². The highest BCUT2D eigenvalue weighted by Crippen LogP contribution is 2.43. The summed E-state index contributed by atoms with van der Waals surface area (Å²) in [6.07, 6.45) is 0.0972. The fraction of sp³-hybridized carbons (Fsp3) is 0.333. The molecule has 4 heteroatoms. The number of aliphatic hydroxyl groups excluding tert-OH is 1. The second-order valence-corrected chi connectivity index (χ2v) is 7.28. The monoisotopic (exact) mass is 338 g/mol. The van der Waals surface area contributed by atoms with Gasteiger partial charge in [0.2, 0.25) is 0 Å². The lowest BCUT2D eigenvalue weighted by Crippen LogP contribution is -2.19. The van der Waals surface area contributed by atoms with E-state index in [-0.39, 0.29) is 6.10 Å². The molecule has 19 heavy (non-hydrogen) atoms. The maximum absolute atomic E-state index is 10.3. The Morgan fingerprint density at radius 1 is 1.26 bits per heavy atom. The lowest BCUT2D eigenvalue weighted by atomic mass is 9.95. The van der Waals surface area contributed by atoms with Crippen LogP contribution in [0.3, 0.4) is 0 Å². The average molecular weight is 339 g/mol. The Morgan fingerprint density at radius 2 is 2.05 bits per heavy atom. The maximum Gasteiger partial charge on any atom is 0.128 e. The molecule has 0 amide bonds. The summed E-state index contributed by atoms with van der Waals surface area (Å²) in [7, 11) is 0. The number of ether oxygens (including phenoxy) is 1. The molecular weight excluding hydrogens is 324 g/mol. The summed E-state index contributed by atoms with van der Waals surface area (Å²) in [6, 6.07) is 7.96. The van der Waals surface area contributed by atoms with E-state index in [9.17, 15) is 5.11 Å². The Hall–Kier alpha value is -0.840. The first kappa shape index (κ1) is 13.2. The van der Waals surface area contributed by atoms with Crippen molar-refractivity contribution in [3.05, 3.63) is 49.6 Å².